The number of esters is 2. The first-order valence-corrected chi connectivity index (χ1v) is 6.73. The van der Waals surface area contributed by atoms with Crippen LogP contribution in [0.3, 0.4) is 0 Å². The first-order chi connectivity index (χ1) is 8.47. The first-order valence-electron chi connectivity index (χ1n) is 6.73. The van der Waals surface area contributed by atoms with Crippen LogP contribution in [0.15, 0.2) is 0 Å². The minimum Gasteiger partial charge on any atom is -0.393 e. The van der Waals surface area contributed by atoms with Crippen LogP contribution in [0, 0.1) is 5.92 Å². The third-order valence-corrected chi connectivity index (χ3v) is 2.59. The molecule has 0 aromatic rings. The summed E-state index contributed by atoms with van der Waals surface area (Å²) in [6.45, 7) is 5.42. The van der Waals surface area contributed by atoms with E-state index in [9.17, 15) is 14.4 Å². The number of carbonyl (C=O) groups is 3. The molecule has 0 N–H and O–H groups in total. The van der Waals surface area contributed by atoms with Gasteiger partial charge in [0.25, 0.3) is 0 Å². The lowest BCUT2D eigenvalue weighted by atomic mass is 10.1. The molecule has 0 unspecified atom stereocenters. The molecule has 0 aromatic heterocycles. The number of Topliss-reactive ketones (excluding diaryl/α,β-unsaturated/α-hetero) is 1. The van der Waals surface area contributed by atoms with E-state index >= 15 is 0 Å². The Hall–Kier alpha value is -1.19. The number of unbranched alkanes of at least 4 members (excludes halogenated alkanes) is 4. The maximum Gasteiger partial charge on any atom is 0.320 e. The van der Waals surface area contributed by atoms with Gasteiger partial charge in [-0.05, 0) is 6.42 Å². The SMILES string of the molecule is CCCCCCCC(=O)CC(=O)OC(=O)C(C)C. The number of ketones is 1. The molecule has 0 atom stereocenters. The quantitative estimate of drug-likeness (QED) is 0.361. The molecule has 0 spiro atoms. The fraction of sp³-hybridized carbons (Fsp3) is 0.786. The van der Waals surface area contributed by atoms with Crippen molar-refractivity contribution in [3.05, 3.63) is 0 Å². The number of rotatable bonds is 9. The molecule has 0 saturated carbocycles. The molecule has 0 aliphatic rings. The molecule has 104 valence electrons. The van der Waals surface area contributed by atoms with Gasteiger partial charge in [-0.2, -0.15) is 0 Å². The molecule has 0 bridgehead atoms. The summed E-state index contributed by atoms with van der Waals surface area (Å²) >= 11 is 0. The molecule has 4 nitrogen and oxygen atoms in total. The second kappa shape index (κ2) is 9.80. The predicted molar refractivity (Wildman–Crippen MR) is 68.9 cm³/mol. The highest BCUT2D eigenvalue weighted by Gasteiger charge is 2.16. The highest BCUT2D eigenvalue weighted by molar-refractivity contribution is 5.99. The fourth-order valence-electron chi connectivity index (χ4n) is 1.44. The van der Waals surface area contributed by atoms with Gasteiger partial charge in [0, 0.05) is 6.42 Å². The molecule has 18 heavy (non-hydrogen) atoms. The van der Waals surface area contributed by atoms with Gasteiger partial charge in [0.15, 0.2) is 0 Å². The molecular weight excluding hydrogens is 232 g/mol. The Labute approximate surface area is 109 Å². The summed E-state index contributed by atoms with van der Waals surface area (Å²) in [5, 5.41) is 0. The van der Waals surface area contributed by atoms with Gasteiger partial charge in [0.2, 0.25) is 0 Å². The van der Waals surface area contributed by atoms with Gasteiger partial charge >= 0.3 is 11.9 Å². The summed E-state index contributed by atoms with van der Waals surface area (Å²) in [6.07, 6.45) is 5.40. The maximum atomic E-state index is 11.4. The van der Waals surface area contributed by atoms with Gasteiger partial charge in [-0.1, -0.05) is 46.5 Å². The van der Waals surface area contributed by atoms with Gasteiger partial charge in [-0.15, -0.1) is 0 Å². The van der Waals surface area contributed by atoms with Crippen molar-refractivity contribution < 1.29 is 19.1 Å². The number of ether oxygens (including phenoxy) is 1. The molecule has 0 aliphatic heterocycles. The van der Waals surface area contributed by atoms with Crippen molar-refractivity contribution in [1.29, 1.82) is 0 Å². The number of carbonyl (C=O) groups excluding carboxylic acids is 3. The van der Waals surface area contributed by atoms with E-state index < -0.39 is 11.9 Å². The van der Waals surface area contributed by atoms with E-state index in [0.717, 1.165) is 25.7 Å². The summed E-state index contributed by atoms with van der Waals surface area (Å²) in [5.74, 6) is -1.80. The fourth-order valence-corrected chi connectivity index (χ4v) is 1.44. The van der Waals surface area contributed by atoms with Crippen LogP contribution in [-0.2, 0) is 19.1 Å². The van der Waals surface area contributed by atoms with E-state index in [4.69, 9.17) is 0 Å². The van der Waals surface area contributed by atoms with Crippen molar-refractivity contribution in [2.75, 3.05) is 0 Å². The highest BCUT2D eigenvalue weighted by Crippen LogP contribution is 2.07. The van der Waals surface area contributed by atoms with Crippen LogP contribution in [-0.4, -0.2) is 17.7 Å². The summed E-state index contributed by atoms with van der Waals surface area (Å²) in [4.78, 5) is 33.8. The smallest absolute Gasteiger partial charge is 0.320 e. The Morgan fingerprint density at radius 2 is 1.61 bits per heavy atom. The van der Waals surface area contributed by atoms with Crippen molar-refractivity contribution in [2.24, 2.45) is 5.92 Å². The van der Waals surface area contributed by atoms with Gasteiger partial charge in [-0.3, -0.25) is 14.4 Å². The van der Waals surface area contributed by atoms with Crippen molar-refractivity contribution in [2.45, 2.75) is 65.7 Å². The largest absolute Gasteiger partial charge is 0.393 e. The lowest BCUT2D eigenvalue weighted by Gasteiger charge is -2.04. The first kappa shape index (κ1) is 16.8. The van der Waals surface area contributed by atoms with E-state index in [1.54, 1.807) is 13.8 Å². The summed E-state index contributed by atoms with van der Waals surface area (Å²) < 4.78 is 4.53. The summed E-state index contributed by atoms with van der Waals surface area (Å²) in [5.41, 5.74) is 0. The van der Waals surface area contributed by atoms with E-state index in [1.807, 2.05) is 0 Å². The Morgan fingerprint density at radius 3 is 2.17 bits per heavy atom. The zero-order chi connectivity index (χ0) is 14.0. The van der Waals surface area contributed by atoms with Crippen molar-refractivity contribution in [1.82, 2.24) is 0 Å². The zero-order valence-corrected chi connectivity index (χ0v) is 11.7. The number of hydrogen-bond acceptors (Lipinski definition) is 4. The van der Waals surface area contributed by atoms with Crippen LogP contribution in [0.25, 0.3) is 0 Å². The lowest BCUT2D eigenvalue weighted by molar-refractivity contribution is -0.162. The molecule has 0 rings (SSSR count). The Kier molecular flexibility index (Phi) is 9.15. The van der Waals surface area contributed by atoms with E-state index in [1.165, 1.54) is 6.42 Å². The average Bonchev–Trinajstić information content (AvgIpc) is 2.28. The van der Waals surface area contributed by atoms with Crippen LogP contribution in [0.2, 0.25) is 0 Å². The van der Waals surface area contributed by atoms with Crippen LogP contribution in [0.4, 0.5) is 0 Å². The molecule has 4 heteroatoms. The van der Waals surface area contributed by atoms with E-state index in [0.29, 0.717) is 6.42 Å². The Morgan fingerprint density at radius 1 is 1.00 bits per heavy atom. The molecule has 0 radical (unpaired) electrons. The van der Waals surface area contributed by atoms with Gasteiger partial charge in [0.1, 0.15) is 12.2 Å². The van der Waals surface area contributed by atoms with E-state index in [2.05, 4.69) is 11.7 Å². The lowest BCUT2D eigenvalue weighted by Crippen LogP contribution is -2.19. The van der Waals surface area contributed by atoms with Crippen molar-refractivity contribution in [3.63, 3.8) is 0 Å². The topological polar surface area (TPSA) is 60.4 Å². The van der Waals surface area contributed by atoms with Crippen molar-refractivity contribution >= 4 is 17.7 Å². The Bertz CT molecular complexity index is 282. The predicted octanol–water partition coefficient (Wildman–Crippen LogP) is 3.03. The standard InChI is InChI=1S/C14H24O4/c1-4-5-6-7-8-9-12(15)10-13(16)18-14(17)11(2)3/h11H,4-10H2,1-3H3. The second-order valence-electron chi connectivity index (χ2n) is 4.83. The number of hydrogen-bond donors (Lipinski definition) is 0. The average molecular weight is 256 g/mol. The van der Waals surface area contributed by atoms with Gasteiger partial charge in [0.05, 0.1) is 5.92 Å². The minimum absolute atomic E-state index is 0.145. The van der Waals surface area contributed by atoms with Crippen LogP contribution in [0.5, 0.6) is 0 Å². The summed E-state index contributed by atoms with van der Waals surface area (Å²) in [7, 11) is 0. The van der Waals surface area contributed by atoms with Crippen LogP contribution >= 0.6 is 0 Å². The van der Waals surface area contributed by atoms with Gasteiger partial charge < -0.3 is 4.74 Å². The van der Waals surface area contributed by atoms with Crippen LogP contribution < -0.4 is 0 Å². The summed E-state index contributed by atoms with van der Waals surface area (Å²) in [6, 6.07) is 0. The Balaban J connectivity index is 3.68. The third-order valence-electron chi connectivity index (χ3n) is 2.59. The third kappa shape index (κ3) is 8.90. The van der Waals surface area contributed by atoms with Crippen molar-refractivity contribution in [3.8, 4) is 0 Å². The van der Waals surface area contributed by atoms with Crippen LogP contribution in [0.1, 0.15) is 65.7 Å². The monoisotopic (exact) mass is 256 g/mol. The maximum absolute atomic E-state index is 11.4. The minimum atomic E-state index is -0.729. The second-order valence-corrected chi connectivity index (χ2v) is 4.83. The van der Waals surface area contributed by atoms with E-state index in [-0.39, 0.29) is 18.1 Å². The van der Waals surface area contributed by atoms with Gasteiger partial charge in [-0.25, -0.2) is 0 Å². The molecular formula is C14H24O4. The molecule has 0 amide bonds. The normalized spacial score (nSPS) is 10.4. The zero-order valence-electron chi connectivity index (χ0n) is 11.7. The highest BCUT2D eigenvalue weighted by atomic mass is 16.6. The molecule has 0 fully saturated rings. The molecule has 0 aliphatic carbocycles. The molecule has 0 heterocycles. The molecule has 0 saturated heterocycles. The molecule has 0 aromatic carbocycles.